The largest absolute Gasteiger partial charge is 0.463 e. The van der Waals surface area contributed by atoms with Gasteiger partial charge in [-0.2, -0.15) is 0 Å². The molecule has 82 valence electrons. The third-order valence-corrected chi connectivity index (χ3v) is 1.96. The molecule has 0 heterocycles. The fraction of sp³-hybridized carbons (Fsp3) is 0.900. The van der Waals surface area contributed by atoms with Crippen molar-refractivity contribution in [3.8, 4) is 0 Å². The molecule has 0 unspecified atom stereocenters. The summed E-state index contributed by atoms with van der Waals surface area (Å²) in [5.74, 6) is 0.108. The number of hydrogen-bond donors (Lipinski definition) is 0. The minimum atomic E-state index is -0.0709. The zero-order valence-electron chi connectivity index (χ0n) is 8.66. The molecule has 0 aromatic carbocycles. The van der Waals surface area contributed by atoms with E-state index in [9.17, 15) is 4.79 Å². The van der Waals surface area contributed by atoms with Crippen molar-refractivity contribution in [1.29, 1.82) is 0 Å². The van der Waals surface area contributed by atoms with Crippen LogP contribution in [0.2, 0.25) is 0 Å². The lowest BCUT2D eigenvalue weighted by molar-refractivity contribution is -0.146. The standard InChI is InChI=1S/C10H18O4/c1-2-12-5-6-13-7-8-14-10(11)9-3-4-9/h9H,2-8H2,1H3. The van der Waals surface area contributed by atoms with Crippen molar-refractivity contribution in [2.75, 3.05) is 33.0 Å². The highest BCUT2D eigenvalue weighted by Crippen LogP contribution is 2.29. The van der Waals surface area contributed by atoms with E-state index >= 15 is 0 Å². The molecule has 14 heavy (non-hydrogen) atoms. The lowest BCUT2D eigenvalue weighted by Gasteiger charge is -2.05. The van der Waals surface area contributed by atoms with Crippen LogP contribution in [0.4, 0.5) is 0 Å². The zero-order chi connectivity index (χ0) is 10.2. The third-order valence-electron chi connectivity index (χ3n) is 1.96. The number of rotatable bonds is 8. The average molecular weight is 202 g/mol. The second kappa shape index (κ2) is 6.79. The Morgan fingerprint density at radius 2 is 1.79 bits per heavy atom. The molecule has 4 nitrogen and oxygen atoms in total. The maximum absolute atomic E-state index is 11.0. The predicted molar refractivity (Wildman–Crippen MR) is 51.0 cm³/mol. The molecule has 0 amide bonds. The van der Waals surface area contributed by atoms with Crippen LogP contribution in [0.15, 0.2) is 0 Å². The highest BCUT2D eigenvalue weighted by atomic mass is 16.6. The van der Waals surface area contributed by atoms with Crippen molar-refractivity contribution in [2.45, 2.75) is 19.8 Å². The van der Waals surface area contributed by atoms with E-state index in [1.807, 2.05) is 6.92 Å². The van der Waals surface area contributed by atoms with Gasteiger partial charge in [-0.15, -0.1) is 0 Å². The minimum Gasteiger partial charge on any atom is -0.463 e. The van der Waals surface area contributed by atoms with Crippen LogP contribution in [0.5, 0.6) is 0 Å². The van der Waals surface area contributed by atoms with Gasteiger partial charge in [0.25, 0.3) is 0 Å². The first-order chi connectivity index (χ1) is 6.84. The summed E-state index contributed by atoms with van der Waals surface area (Å²) in [5, 5.41) is 0. The molecule has 1 aliphatic carbocycles. The van der Waals surface area contributed by atoms with Crippen molar-refractivity contribution in [2.24, 2.45) is 5.92 Å². The lowest BCUT2D eigenvalue weighted by Crippen LogP contribution is -2.13. The highest BCUT2D eigenvalue weighted by molar-refractivity contribution is 5.74. The Morgan fingerprint density at radius 1 is 1.14 bits per heavy atom. The Bertz CT molecular complexity index is 166. The van der Waals surface area contributed by atoms with E-state index < -0.39 is 0 Å². The fourth-order valence-corrected chi connectivity index (χ4v) is 1.00. The van der Waals surface area contributed by atoms with E-state index in [0.717, 1.165) is 12.8 Å². The number of carbonyl (C=O) groups excluding carboxylic acids is 1. The minimum absolute atomic E-state index is 0.0709. The second-order valence-corrected chi connectivity index (χ2v) is 3.25. The summed E-state index contributed by atoms with van der Waals surface area (Å²) < 4.78 is 15.2. The van der Waals surface area contributed by atoms with E-state index in [2.05, 4.69) is 0 Å². The molecule has 0 bridgehead atoms. The summed E-state index contributed by atoms with van der Waals surface area (Å²) in [6, 6.07) is 0. The first-order valence-electron chi connectivity index (χ1n) is 5.16. The smallest absolute Gasteiger partial charge is 0.309 e. The van der Waals surface area contributed by atoms with Crippen molar-refractivity contribution >= 4 is 5.97 Å². The number of carbonyl (C=O) groups is 1. The highest BCUT2D eigenvalue weighted by Gasteiger charge is 2.30. The van der Waals surface area contributed by atoms with Gasteiger partial charge in [0.1, 0.15) is 6.61 Å². The Morgan fingerprint density at radius 3 is 2.43 bits per heavy atom. The van der Waals surface area contributed by atoms with Crippen LogP contribution in [0.25, 0.3) is 0 Å². The van der Waals surface area contributed by atoms with E-state index in [1.54, 1.807) is 0 Å². The number of esters is 1. The Kier molecular flexibility index (Phi) is 5.56. The second-order valence-electron chi connectivity index (χ2n) is 3.25. The fourth-order valence-electron chi connectivity index (χ4n) is 1.00. The molecule has 0 N–H and O–H groups in total. The van der Waals surface area contributed by atoms with E-state index in [4.69, 9.17) is 14.2 Å². The monoisotopic (exact) mass is 202 g/mol. The van der Waals surface area contributed by atoms with Gasteiger partial charge in [-0.25, -0.2) is 0 Å². The first kappa shape index (κ1) is 11.5. The topological polar surface area (TPSA) is 44.8 Å². The van der Waals surface area contributed by atoms with Gasteiger partial charge in [0, 0.05) is 6.61 Å². The van der Waals surface area contributed by atoms with Crippen LogP contribution >= 0.6 is 0 Å². The molecular formula is C10H18O4. The summed E-state index contributed by atoms with van der Waals surface area (Å²) in [6.45, 7) is 4.65. The normalized spacial score (nSPS) is 15.5. The molecule has 0 aromatic rings. The molecule has 0 aromatic heterocycles. The quantitative estimate of drug-likeness (QED) is 0.435. The third kappa shape index (κ3) is 5.19. The van der Waals surface area contributed by atoms with Crippen molar-refractivity contribution in [3.05, 3.63) is 0 Å². The summed E-state index contributed by atoms with van der Waals surface area (Å²) in [6.07, 6.45) is 1.98. The molecule has 0 saturated heterocycles. The average Bonchev–Trinajstić information content (AvgIpc) is 2.99. The molecule has 4 heteroatoms. The molecular weight excluding hydrogens is 184 g/mol. The molecule has 1 aliphatic rings. The molecule has 1 fully saturated rings. The number of hydrogen-bond acceptors (Lipinski definition) is 4. The Labute approximate surface area is 84.5 Å². The van der Waals surface area contributed by atoms with Crippen LogP contribution in [-0.4, -0.2) is 39.0 Å². The molecule has 0 radical (unpaired) electrons. The van der Waals surface area contributed by atoms with Crippen LogP contribution in [0.1, 0.15) is 19.8 Å². The zero-order valence-corrected chi connectivity index (χ0v) is 8.66. The van der Waals surface area contributed by atoms with Gasteiger partial charge in [-0.05, 0) is 19.8 Å². The van der Waals surface area contributed by atoms with Gasteiger partial charge >= 0.3 is 5.97 Å². The summed E-state index contributed by atoms with van der Waals surface area (Å²) in [4.78, 5) is 11.0. The Balaban J connectivity index is 1.77. The maximum Gasteiger partial charge on any atom is 0.309 e. The first-order valence-corrected chi connectivity index (χ1v) is 5.16. The molecule has 1 rings (SSSR count). The summed E-state index contributed by atoms with van der Waals surface area (Å²) in [5.41, 5.74) is 0. The van der Waals surface area contributed by atoms with Crippen molar-refractivity contribution < 1.29 is 19.0 Å². The molecule has 0 atom stereocenters. The van der Waals surface area contributed by atoms with Gasteiger partial charge in [0.2, 0.25) is 0 Å². The summed E-state index contributed by atoms with van der Waals surface area (Å²) >= 11 is 0. The van der Waals surface area contributed by atoms with Gasteiger partial charge in [-0.1, -0.05) is 0 Å². The van der Waals surface area contributed by atoms with Gasteiger partial charge in [0.05, 0.1) is 25.7 Å². The molecule has 0 aliphatic heterocycles. The molecule has 1 saturated carbocycles. The van der Waals surface area contributed by atoms with Gasteiger partial charge in [-0.3, -0.25) is 4.79 Å². The van der Waals surface area contributed by atoms with E-state index in [-0.39, 0.29) is 11.9 Å². The van der Waals surface area contributed by atoms with E-state index in [1.165, 1.54) is 0 Å². The van der Waals surface area contributed by atoms with Gasteiger partial charge in [0.15, 0.2) is 0 Å². The van der Waals surface area contributed by atoms with Crippen molar-refractivity contribution in [1.82, 2.24) is 0 Å². The van der Waals surface area contributed by atoms with E-state index in [0.29, 0.717) is 33.0 Å². The van der Waals surface area contributed by atoms with Gasteiger partial charge < -0.3 is 14.2 Å². The number of ether oxygens (including phenoxy) is 3. The SMILES string of the molecule is CCOCCOCCOC(=O)C1CC1. The van der Waals surface area contributed by atoms with Crippen LogP contribution in [0.3, 0.4) is 0 Å². The molecule has 0 spiro atoms. The Hall–Kier alpha value is -0.610. The van der Waals surface area contributed by atoms with Crippen LogP contribution in [0, 0.1) is 5.92 Å². The van der Waals surface area contributed by atoms with Crippen LogP contribution < -0.4 is 0 Å². The van der Waals surface area contributed by atoms with Crippen LogP contribution in [-0.2, 0) is 19.0 Å². The predicted octanol–water partition coefficient (Wildman–Crippen LogP) is 0.993. The maximum atomic E-state index is 11.0. The summed E-state index contributed by atoms with van der Waals surface area (Å²) in [7, 11) is 0. The van der Waals surface area contributed by atoms with Crippen molar-refractivity contribution in [3.63, 3.8) is 0 Å². The lowest BCUT2D eigenvalue weighted by atomic mass is 10.4.